The van der Waals surface area contributed by atoms with Crippen molar-refractivity contribution in [2.45, 2.75) is 18.0 Å². The van der Waals surface area contributed by atoms with Crippen LogP contribution in [0.5, 0.6) is 0 Å². The summed E-state index contributed by atoms with van der Waals surface area (Å²) in [5.41, 5.74) is 6.39. The quantitative estimate of drug-likeness (QED) is 0.117. The van der Waals surface area contributed by atoms with Gasteiger partial charge in [0.1, 0.15) is 11.4 Å². The van der Waals surface area contributed by atoms with Crippen LogP contribution >= 0.6 is 23.3 Å². The lowest BCUT2D eigenvalue weighted by molar-refractivity contribution is -0.689. The van der Waals surface area contributed by atoms with Gasteiger partial charge in [0.05, 0.1) is 12.7 Å². The lowest BCUT2D eigenvalue weighted by Gasteiger charge is -2.47. The number of β-lactam (4-membered cyclic amide) rings is 1. The first kappa shape index (κ1) is 25.1. The first-order chi connectivity index (χ1) is 17.3. The number of amides is 2. The van der Waals surface area contributed by atoms with Crippen LogP contribution in [0.1, 0.15) is 16.2 Å². The van der Waals surface area contributed by atoms with Crippen molar-refractivity contribution in [2.24, 2.45) is 5.16 Å². The molecule has 188 valence electrons. The van der Waals surface area contributed by atoms with Gasteiger partial charge in [-0.2, -0.15) is 9.36 Å². The molecular formula is C20H20N7O7S2+. The summed E-state index contributed by atoms with van der Waals surface area (Å²) < 4.78 is 10.2. The summed E-state index contributed by atoms with van der Waals surface area (Å²) in [6, 6.07) is 2.19. The minimum atomic E-state index is -1.01. The van der Waals surface area contributed by atoms with Gasteiger partial charge in [-0.25, -0.2) is 14.2 Å². The molecule has 1 unspecified atom stereocenters. The summed E-state index contributed by atoms with van der Waals surface area (Å²) in [5, 5.41) is 15.1. The van der Waals surface area contributed by atoms with Crippen molar-refractivity contribution in [2.75, 3.05) is 25.2 Å². The molecule has 2 aromatic heterocycles. The topological polar surface area (TPSA) is 190 Å². The highest BCUT2D eigenvalue weighted by molar-refractivity contribution is 8.00. The van der Waals surface area contributed by atoms with E-state index in [-0.39, 0.29) is 33.5 Å². The van der Waals surface area contributed by atoms with Gasteiger partial charge in [-0.1, -0.05) is 5.16 Å². The molecule has 1 saturated heterocycles. The molecule has 16 heteroatoms. The number of nitrogen functional groups attached to an aromatic ring is 1. The number of thioether (sulfide) groups is 1. The molecule has 0 radical (unpaired) electrons. The highest BCUT2D eigenvalue weighted by Gasteiger charge is 2.50. The number of carbonyl (C=O) groups excluding carboxylic acids is 3. The standard InChI is InChI=1S/C20H19N7O7S2/c1-33-12(28)8-34-24-13(15-23-20(21)36-25-15)16(29)22-14-17(30)27-7-10(9-35-18(14)27)6-26-4-2-11(3-5-26)19(31)32/h2-5,7,14,18H,6,8-9H2,1H3,(H3-,21,22,23,25,29,31,32)/p+1/t14?,18-/m0/s1. The third-order valence-electron chi connectivity index (χ3n) is 5.09. The van der Waals surface area contributed by atoms with Gasteiger partial charge >= 0.3 is 11.9 Å². The Morgan fingerprint density at radius 3 is 2.75 bits per heavy atom. The van der Waals surface area contributed by atoms with E-state index in [2.05, 4.69) is 24.6 Å². The number of pyridine rings is 1. The number of oxime groups is 1. The van der Waals surface area contributed by atoms with E-state index in [0.717, 1.165) is 17.1 Å². The molecule has 2 aliphatic heterocycles. The minimum Gasteiger partial charge on any atom is -0.478 e. The van der Waals surface area contributed by atoms with Gasteiger partial charge in [0.15, 0.2) is 24.1 Å². The molecule has 4 rings (SSSR count). The maximum Gasteiger partial charge on any atom is 0.346 e. The molecular weight excluding hydrogens is 514 g/mol. The number of nitrogens with two attached hydrogens (primary N) is 1. The van der Waals surface area contributed by atoms with E-state index in [0.29, 0.717) is 12.3 Å². The van der Waals surface area contributed by atoms with Crippen molar-refractivity contribution in [3.8, 4) is 0 Å². The number of nitrogens with one attached hydrogen (secondary N) is 1. The van der Waals surface area contributed by atoms with Crippen LogP contribution in [0.4, 0.5) is 5.13 Å². The van der Waals surface area contributed by atoms with E-state index in [4.69, 9.17) is 15.7 Å². The molecule has 2 amide bonds. The van der Waals surface area contributed by atoms with Gasteiger partial charge in [-0.3, -0.25) is 9.59 Å². The summed E-state index contributed by atoms with van der Waals surface area (Å²) in [6.07, 6.45) is 5.05. The van der Waals surface area contributed by atoms with Crippen molar-refractivity contribution >= 4 is 57.9 Å². The predicted octanol–water partition coefficient (Wildman–Crippen LogP) is -1.02. The Bertz CT molecular complexity index is 1260. The van der Waals surface area contributed by atoms with Gasteiger partial charge in [0.25, 0.3) is 11.8 Å². The van der Waals surface area contributed by atoms with E-state index < -0.39 is 30.5 Å². The lowest BCUT2D eigenvalue weighted by atomic mass is 10.1. The molecule has 2 aromatic rings. The van der Waals surface area contributed by atoms with Gasteiger partial charge in [-0.15, -0.1) is 11.8 Å². The Kier molecular flexibility index (Phi) is 7.44. The van der Waals surface area contributed by atoms with Crippen LogP contribution in [0.2, 0.25) is 0 Å². The van der Waals surface area contributed by atoms with Gasteiger partial charge < -0.3 is 30.6 Å². The fourth-order valence-corrected chi connectivity index (χ4v) is 5.01. The number of carbonyl (C=O) groups is 4. The Morgan fingerprint density at radius 1 is 1.36 bits per heavy atom. The molecule has 36 heavy (non-hydrogen) atoms. The lowest BCUT2D eigenvalue weighted by Crippen LogP contribution is -2.69. The molecule has 0 aromatic carbocycles. The molecule has 0 saturated carbocycles. The summed E-state index contributed by atoms with van der Waals surface area (Å²) in [5.74, 6) is -2.29. The van der Waals surface area contributed by atoms with Gasteiger partial charge in [-0.05, 0) is 0 Å². The molecule has 0 spiro atoms. The van der Waals surface area contributed by atoms with Crippen LogP contribution in [0.25, 0.3) is 0 Å². The normalized spacial score (nSPS) is 19.0. The highest BCUT2D eigenvalue weighted by Crippen LogP contribution is 2.36. The molecule has 0 bridgehead atoms. The summed E-state index contributed by atoms with van der Waals surface area (Å²) in [6.45, 7) is -0.0577. The largest absolute Gasteiger partial charge is 0.478 e. The van der Waals surface area contributed by atoms with Crippen molar-refractivity contribution in [3.63, 3.8) is 0 Å². The second-order valence-electron chi connectivity index (χ2n) is 7.50. The fraction of sp³-hybridized carbons (Fsp3) is 0.300. The summed E-state index contributed by atoms with van der Waals surface area (Å²) in [4.78, 5) is 58.3. The number of aromatic carboxylic acids is 1. The highest BCUT2D eigenvalue weighted by atomic mass is 32.2. The van der Waals surface area contributed by atoms with Crippen molar-refractivity contribution in [3.05, 3.63) is 47.7 Å². The molecule has 2 aliphatic rings. The van der Waals surface area contributed by atoms with Gasteiger partial charge in [0.2, 0.25) is 18.1 Å². The summed E-state index contributed by atoms with van der Waals surface area (Å²) in [7, 11) is 1.18. The van der Waals surface area contributed by atoms with Crippen molar-refractivity contribution < 1.29 is 38.4 Å². The van der Waals surface area contributed by atoms with Crippen LogP contribution in [0.15, 0.2) is 41.5 Å². The smallest absolute Gasteiger partial charge is 0.346 e. The number of anilines is 1. The van der Waals surface area contributed by atoms with Gasteiger partial charge in [0, 0.05) is 41.2 Å². The second-order valence-corrected chi connectivity index (χ2v) is 9.38. The van der Waals surface area contributed by atoms with Crippen LogP contribution in [0.3, 0.4) is 0 Å². The minimum absolute atomic E-state index is 0.0975. The number of nitrogens with zero attached hydrogens (tertiary/aromatic N) is 5. The number of rotatable bonds is 9. The number of ether oxygens (including phenoxy) is 1. The number of methoxy groups -OCH3 is 1. The SMILES string of the molecule is COC(=O)CON=C(C(=O)NC1C(=O)N2C=C(C[n+]3ccc(C(=O)O)cc3)CS[C@@H]12)c1nsc(N)n1. The van der Waals surface area contributed by atoms with E-state index in [1.165, 1.54) is 35.9 Å². The molecule has 2 atom stereocenters. The number of carboxylic acids is 1. The Balaban J connectivity index is 1.40. The van der Waals surface area contributed by atoms with Crippen molar-refractivity contribution in [1.82, 2.24) is 19.6 Å². The Hall–Kier alpha value is -4.05. The first-order valence-electron chi connectivity index (χ1n) is 10.3. The Labute approximate surface area is 211 Å². The number of aromatic nitrogens is 3. The number of hydrogen-bond acceptors (Lipinski definition) is 12. The zero-order valence-electron chi connectivity index (χ0n) is 18.7. The summed E-state index contributed by atoms with van der Waals surface area (Å²) >= 11 is 2.32. The van der Waals surface area contributed by atoms with E-state index in [1.807, 2.05) is 4.57 Å². The van der Waals surface area contributed by atoms with Crippen molar-refractivity contribution in [1.29, 1.82) is 0 Å². The monoisotopic (exact) mass is 534 g/mol. The third-order valence-corrected chi connectivity index (χ3v) is 7.01. The maximum atomic E-state index is 12.9. The Morgan fingerprint density at radius 2 is 2.11 bits per heavy atom. The van der Waals surface area contributed by atoms with Crippen LogP contribution in [-0.4, -0.2) is 79.7 Å². The average Bonchev–Trinajstić information content (AvgIpc) is 3.30. The number of carboxylic acid groups (broad SMARTS) is 1. The molecule has 14 nitrogen and oxygen atoms in total. The second kappa shape index (κ2) is 10.7. The first-order valence-corrected chi connectivity index (χ1v) is 12.1. The maximum absolute atomic E-state index is 12.9. The van der Waals surface area contributed by atoms with Crippen LogP contribution in [0, 0.1) is 0 Å². The fourth-order valence-electron chi connectivity index (χ4n) is 3.32. The average molecular weight is 535 g/mol. The molecule has 0 aliphatic carbocycles. The number of fused-ring (bicyclic) bond motifs is 1. The molecule has 4 N–H and O–H groups in total. The molecule has 4 heterocycles. The zero-order valence-corrected chi connectivity index (χ0v) is 20.3. The van der Waals surface area contributed by atoms with Crippen LogP contribution < -0.4 is 15.6 Å². The number of esters is 1. The molecule has 1 fully saturated rings. The predicted molar refractivity (Wildman–Crippen MR) is 126 cm³/mol. The van der Waals surface area contributed by atoms with Crippen LogP contribution in [-0.2, 0) is 30.5 Å². The number of hydrogen-bond donors (Lipinski definition) is 3. The van der Waals surface area contributed by atoms with E-state index in [9.17, 15) is 19.2 Å². The third kappa shape index (κ3) is 5.44. The zero-order chi connectivity index (χ0) is 25.8. The van der Waals surface area contributed by atoms with E-state index in [1.54, 1.807) is 18.6 Å². The van der Waals surface area contributed by atoms with E-state index >= 15 is 0 Å².